The van der Waals surface area contributed by atoms with Crippen LogP contribution in [0.15, 0.2) is 52.2 Å². The first-order valence-electron chi connectivity index (χ1n) is 8.63. The number of aromatic nitrogens is 3. The van der Waals surface area contributed by atoms with Gasteiger partial charge >= 0.3 is 0 Å². The smallest absolute Gasteiger partial charge is 0.287 e. The standard InChI is InChI=1S/C18H17N5O5S/c1-2-22-16(10-19-17(25)15-7-4-8-28-15)20-21-18(22)29-11-14(24)12-5-3-6-13(9-12)23(26)27/h3-9H,2,10-11H2,1H3,(H,19,25). The van der Waals surface area contributed by atoms with Crippen molar-refractivity contribution in [2.45, 2.75) is 25.2 Å². The van der Waals surface area contributed by atoms with Crippen LogP contribution in [0.1, 0.15) is 33.7 Å². The lowest BCUT2D eigenvalue weighted by Crippen LogP contribution is -2.24. The molecule has 1 amide bonds. The molecule has 0 radical (unpaired) electrons. The largest absolute Gasteiger partial charge is 0.459 e. The molecule has 0 bridgehead atoms. The Balaban J connectivity index is 1.62. The van der Waals surface area contributed by atoms with E-state index in [0.29, 0.717) is 17.5 Å². The Bertz CT molecular complexity index is 1030. The Labute approximate surface area is 169 Å². The summed E-state index contributed by atoms with van der Waals surface area (Å²) >= 11 is 1.18. The molecule has 2 heterocycles. The maximum absolute atomic E-state index is 12.4. The average Bonchev–Trinajstić information content (AvgIpc) is 3.40. The average molecular weight is 415 g/mol. The van der Waals surface area contributed by atoms with Crippen LogP contribution >= 0.6 is 11.8 Å². The minimum atomic E-state index is -0.541. The predicted octanol–water partition coefficient (Wildman–Crippen LogP) is 2.70. The molecular weight excluding hydrogens is 398 g/mol. The summed E-state index contributed by atoms with van der Waals surface area (Å²) in [5.41, 5.74) is 0.132. The Morgan fingerprint density at radius 1 is 1.28 bits per heavy atom. The highest BCUT2D eigenvalue weighted by atomic mass is 32.2. The third-order valence-electron chi connectivity index (χ3n) is 3.97. The van der Waals surface area contributed by atoms with Crippen LogP contribution in [-0.4, -0.2) is 37.1 Å². The highest BCUT2D eigenvalue weighted by Gasteiger charge is 2.17. The lowest BCUT2D eigenvalue weighted by Gasteiger charge is -2.07. The molecular formula is C18H17N5O5S. The van der Waals surface area contributed by atoms with E-state index in [1.54, 1.807) is 16.7 Å². The van der Waals surface area contributed by atoms with E-state index < -0.39 is 4.92 Å². The monoisotopic (exact) mass is 415 g/mol. The van der Waals surface area contributed by atoms with Gasteiger partial charge in [0.15, 0.2) is 22.5 Å². The van der Waals surface area contributed by atoms with Crippen molar-refractivity contribution < 1.29 is 18.9 Å². The van der Waals surface area contributed by atoms with E-state index in [2.05, 4.69) is 15.5 Å². The number of non-ortho nitro benzene ring substituents is 1. The zero-order valence-electron chi connectivity index (χ0n) is 15.4. The van der Waals surface area contributed by atoms with E-state index in [0.717, 1.165) is 0 Å². The summed E-state index contributed by atoms with van der Waals surface area (Å²) in [6.07, 6.45) is 1.41. The van der Waals surface area contributed by atoms with Crippen molar-refractivity contribution in [2.75, 3.05) is 5.75 Å². The number of furan rings is 1. The first-order valence-corrected chi connectivity index (χ1v) is 9.62. The zero-order chi connectivity index (χ0) is 20.8. The maximum Gasteiger partial charge on any atom is 0.287 e. The maximum atomic E-state index is 12.4. The number of amides is 1. The van der Waals surface area contributed by atoms with E-state index in [-0.39, 0.29) is 41.0 Å². The van der Waals surface area contributed by atoms with Crippen LogP contribution < -0.4 is 5.32 Å². The predicted molar refractivity (Wildman–Crippen MR) is 104 cm³/mol. The number of benzene rings is 1. The molecule has 0 fully saturated rings. The van der Waals surface area contributed by atoms with Gasteiger partial charge in [0.1, 0.15) is 0 Å². The minimum absolute atomic E-state index is 0.0536. The summed E-state index contributed by atoms with van der Waals surface area (Å²) in [7, 11) is 0. The van der Waals surface area contributed by atoms with Crippen molar-refractivity contribution in [1.82, 2.24) is 20.1 Å². The molecule has 0 unspecified atom stereocenters. The number of hydrogen-bond donors (Lipinski definition) is 1. The second-order valence-corrected chi connectivity index (χ2v) is 6.76. The van der Waals surface area contributed by atoms with Crippen molar-refractivity contribution in [1.29, 1.82) is 0 Å². The second-order valence-electron chi connectivity index (χ2n) is 5.82. The van der Waals surface area contributed by atoms with Crippen LogP contribution in [0.25, 0.3) is 0 Å². The molecule has 150 valence electrons. The van der Waals surface area contributed by atoms with Crippen LogP contribution in [0.3, 0.4) is 0 Å². The van der Waals surface area contributed by atoms with Crippen molar-refractivity contribution in [3.8, 4) is 0 Å². The van der Waals surface area contributed by atoms with Gasteiger partial charge in [0.2, 0.25) is 0 Å². The van der Waals surface area contributed by atoms with Crippen LogP contribution in [0.2, 0.25) is 0 Å². The molecule has 0 saturated heterocycles. The molecule has 0 aliphatic heterocycles. The summed E-state index contributed by atoms with van der Waals surface area (Å²) in [4.78, 5) is 34.7. The van der Waals surface area contributed by atoms with E-state index in [4.69, 9.17) is 4.42 Å². The molecule has 29 heavy (non-hydrogen) atoms. The van der Waals surface area contributed by atoms with Gasteiger partial charge in [0, 0.05) is 24.2 Å². The number of ketones is 1. The molecule has 11 heteroatoms. The molecule has 3 aromatic rings. The number of hydrogen-bond acceptors (Lipinski definition) is 8. The molecule has 0 spiro atoms. The van der Waals surface area contributed by atoms with Gasteiger partial charge in [-0.05, 0) is 19.1 Å². The van der Waals surface area contributed by atoms with Gasteiger partial charge in [-0.2, -0.15) is 0 Å². The zero-order valence-corrected chi connectivity index (χ0v) is 16.2. The third-order valence-corrected chi connectivity index (χ3v) is 4.94. The van der Waals surface area contributed by atoms with E-state index in [1.807, 2.05) is 6.92 Å². The lowest BCUT2D eigenvalue weighted by molar-refractivity contribution is -0.384. The number of nitrogens with one attached hydrogen (secondary N) is 1. The molecule has 1 N–H and O–H groups in total. The third kappa shape index (κ3) is 4.88. The summed E-state index contributed by atoms with van der Waals surface area (Å²) < 4.78 is 6.82. The quantitative estimate of drug-likeness (QED) is 0.244. The topological polar surface area (TPSA) is 133 Å². The number of Topliss-reactive ketones (excluding diaryl/α,β-unsaturated/α-hetero) is 1. The van der Waals surface area contributed by atoms with Crippen LogP contribution in [0.5, 0.6) is 0 Å². The molecule has 0 atom stereocenters. The van der Waals surface area contributed by atoms with Crippen LogP contribution in [0.4, 0.5) is 5.69 Å². The summed E-state index contributed by atoms with van der Waals surface area (Å²) in [5, 5.41) is 22.2. The Morgan fingerprint density at radius 3 is 2.79 bits per heavy atom. The molecule has 3 rings (SSSR count). The number of nitro groups is 1. The molecule has 0 aliphatic rings. The number of nitro benzene ring substituents is 1. The number of thioether (sulfide) groups is 1. The summed E-state index contributed by atoms with van der Waals surface area (Å²) in [6, 6.07) is 8.78. The Hall–Kier alpha value is -3.47. The molecule has 0 aliphatic carbocycles. The molecule has 2 aromatic heterocycles. The van der Waals surface area contributed by atoms with Gasteiger partial charge < -0.3 is 14.3 Å². The van der Waals surface area contributed by atoms with Gasteiger partial charge in [-0.3, -0.25) is 19.7 Å². The van der Waals surface area contributed by atoms with Crippen molar-refractivity contribution in [2.24, 2.45) is 0 Å². The van der Waals surface area contributed by atoms with Crippen LogP contribution in [-0.2, 0) is 13.1 Å². The van der Waals surface area contributed by atoms with Crippen molar-refractivity contribution in [3.05, 3.63) is 69.9 Å². The molecule has 1 aromatic carbocycles. The molecule has 10 nitrogen and oxygen atoms in total. The Kier molecular flexibility index (Phi) is 6.39. The molecule has 0 saturated carbocycles. The van der Waals surface area contributed by atoms with Gasteiger partial charge in [0.05, 0.1) is 23.5 Å². The first kappa shape index (κ1) is 20.3. The van der Waals surface area contributed by atoms with Gasteiger partial charge in [0.25, 0.3) is 11.6 Å². The van der Waals surface area contributed by atoms with Gasteiger partial charge in [-0.15, -0.1) is 10.2 Å². The highest BCUT2D eigenvalue weighted by Crippen LogP contribution is 2.20. The van der Waals surface area contributed by atoms with E-state index in [1.165, 1.54) is 42.3 Å². The highest BCUT2D eigenvalue weighted by molar-refractivity contribution is 7.99. The number of nitrogens with zero attached hydrogens (tertiary/aromatic N) is 4. The lowest BCUT2D eigenvalue weighted by atomic mass is 10.1. The minimum Gasteiger partial charge on any atom is -0.459 e. The van der Waals surface area contributed by atoms with E-state index in [9.17, 15) is 19.7 Å². The number of rotatable bonds is 9. The summed E-state index contributed by atoms with van der Waals surface area (Å²) in [6.45, 7) is 2.60. The fourth-order valence-electron chi connectivity index (χ4n) is 2.53. The number of carbonyl (C=O) groups excluding carboxylic acids is 2. The second kappa shape index (κ2) is 9.15. The normalized spacial score (nSPS) is 10.7. The van der Waals surface area contributed by atoms with Crippen molar-refractivity contribution in [3.63, 3.8) is 0 Å². The van der Waals surface area contributed by atoms with Gasteiger partial charge in [-0.25, -0.2) is 0 Å². The first-order chi connectivity index (χ1) is 14.0. The van der Waals surface area contributed by atoms with Crippen LogP contribution in [0, 0.1) is 10.1 Å². The fraction of sp³-hybridized carbons (Fsp3) is 0.222. The van der Waals surface area contributed by atoms with E-state index >= 15 is 0 Å². The Morgan fingerprint density at radius 2 is 2.10 bits per heavy atom. The van der Waals surface area contributed by atoms with Gasteiger partial charge in [-0.1, -0.05) is 23.9 Å². The fourth-order valence-corrected chi connectivity index (χ4v) is 3.45. The van der Waals surface area contributed by atoms with Crippen molar-refractivity contribution >= 4 is 29.1 Å². The number of carbonyl (C=O) groups is 2. The SMILES string of the molecule is CCn1c(CNC(=O)c2ccco2)nnc1SCC(=O)c1cccc([N+](=O)[O-])c1. The summed E-state index contributed by atoms with van der Waals surface area (Å²) in [5.74, 6) is 0.174.